The molecule has 3 aromatic heterocycles. The molecule has 3 aliphatic rings. The van der Waals surface area contributed by atoms with Gasteiger partial charge in [0, 0.05) is 50.0 Å². The molecule has 1 unspecified atom stereocenters. The average molecular weight is 473 g/mol. The molecule has 0 bridgehead atoms. The van der Waals surface area contributed by atoms with Gasteiger partial charge in [-0.25, -0.2) is 9.67 Å². The van der Waals surface area contributed by atoms with Gasteiger partial charge in [0.2, 0.25) is 0 Å². The second-order valence-electron chi connectivity index (χ2n) is 10.4. The Morgan fingerprint density at radius 2 is 1.77 bits per heavy atom. The molecule has 2 aliphatic heterocycles. The van der Waals surface area contributed by atoms with Crippen molar-refractivity contribution in [3.63, 3.8) is 0 Å². The molecule has 1 saturated carbocycles. The van der Waals surface area contributed by atoms with Gasteiger partial charge in [-0.2, -0.15) is 5.10 Å². The van der Waals surface area contributed by atoms with Crippen molar-refractivity contribution >= 4 is 11.5 Å². The van der Waals surface area contributed by atoms with Gasteiger partial charge in [0.1, 0.15) is 5.82 Å². The van der Waals surface area contributed by atoms with Crippen LogP contribution in [0.5, 0.6) is 0 Å². The highest BCUT2D eigenvalue weighted by Crippen LogP contribution is 2.29. The summed E-state index contributed by atoms with van der Waals surface area (Å²) in [5.74, 6) is 2.77. The predicted octanol–water partition coefficient (Wildman–Crippen LogP) is 3.78. The Kier molecular flexibility index (Phi) is 6.37. The van der Waals surface area contributed by atoms with E-state index in [1.54, 1.807) is 6.20 Å². The number of hydrogen-bond acceptors (Lipinski definition) is 7. The summed E-state index contributed by atoms with van der Waals surface area (Å²) in [6.07, 6.45) is 17.4. The first-order valence-corrected chi connectivity index (χ1v) is 13.3. The van der Waals surface area contributed by atoms with Crippen LogP contribution in [0.15, 0.2) is 43.1 Å². The summed E-state index contributed by atoms with van der Waals surface area (Å²) in [5, 5.41) is 8.37. The van der Waals surface area contributed by atoms with Crippen molar-refractivity contribution in [2.75, 3.05) is 42.5 Å². The summed E-state index contributed by atoms with van der Waals surface area (Å²) in [5.41, 5.74) is 3.41. The van der Waals surface area contributed by atoms with Gasteiger partial charge in [-0.15, -0.1) is 0 Å². The number of anilines is 2. The standard InChI is InChI=1S/C27H36N8/c1-20(22-14-31-35(18-22)27-17-28-16-26(32-27)33-10-2-3-11-33)25-9-8-24(15-30-25)34-12-4-5-23(19-34)29-13-21-6-7-21/h8-9,14-18,20-21,23,29H,2-7,10-13,19H2,1H3/t20?,23-/m1/s1. The molecule has 5 heterocycles. The third-order valence-electron chi connectivity index (χ3n) is 7.77. The van der Waals surface area contributed by atoms with Crippen LogP contribution in [0.1, 0.15) is 62.6 Å². The molecule has 1 N–H and O–H groups in total. The molecule has 184 valence electrons. The summed E-state index contributed by atoms with van der Waals surface area (Å²) in [6, 6.07) is 5.00. The lowest BCUT2D eigenvalue weighted by atomic mass is 10.0. The maximum Gasteiger partial charge on any atom is 0.173 e. The molecule has 2 atom stereocenters. The number of rotatable bonds is 8. The fourth-order valence-electron chi connectivity index (χ4n) is 5.29. The Labute approximate surface area is 207 Å². The van der Waals surface area contributed by atoms with Crippen molar-refractivity contribution in [2.24, 2.45) is 5.92 Å². The molecule has 1 aliphatic carbocycles. The predicted molar refractivity (Wildman–Crippen MR) is 138 cm³/mol. The summed E-state index contributed by atoms with van der Waals surface area (Å²) >= 11 is 0. The van der Waals surface area contributed by atoms with E-state index in [1.165, 1.54) is 50.8 Å². The molecule has 0 radical (unpaired) electrons. The van der Waals surface area contributed by atoms with Gasteiger partial charge in [-0.05, 0) is 68.7 Å². The summed E-state index contributed by atoms with van der Waals surface area (Å²) < 4.78 is 1.83. The average Bonchev–Trinajstić information content (AvgIpc) is 3.35. The maximum absolute atomic E-state index is 4.85. The zero-order valence-electron chi connectivity index (χ0n) is 20.7. The van der Waals surface area contributed by atoms with Gasteiger partial charge in [0.25, 0.3) is 0 Å². The van der Waals surface area contributed by atoms with Gasteiger partial charge >= 0.3 is 0 Å². The van der Waals surface area contributed by atoms with Crippen LogP contribution in [0, 0.1) is 5.92 Å². The molecule has 8 nitrogen and oxygen atoms in total. The lowest BCUT2D eigenvalue weighted by Gasteiger charge is -2.35. The highest BCUT2D eigenvalue weighted by molar-refractivity contribution is 5.46. The van der Waals surface area contributed by atoms with Crippen LogP contribution in [0.4, 0.5) is 11.5 Å². The molecule has 2 saturated heterocycles. The van der Waals surface area contributed by atoms with Crippen molar-refractivity contribution in [1.82, 2.24) is 30.0 Å². The lowest BCUT2D eigenvalue weighted by Crippen LogP contribution is -2.46. The van der Waals surface area contributed by atoms with Crippen LogP contribution in [0.2, 0.25) is 0 Å². The molecule has 6 rings (SSSR count). The van der Waals surface area contributed by atoms with Crippen molar-refractivity contribution in [1.29, 1.82) is 0 Å². The molecule has 0 aromatic carbocycles. The summed E-state index contributed by atoms with van der Waals surface area (Å²) in [6.45, 7) is 7.67. The van der Waals surface area contributed by atoms with E-state index in [2.05, 4.69) is 50.5 Å². The van der Waals surface area contributed by atoms with E-state index in [4.69, 9.17) is 9.97 Å². The second-order valence-corrected chi connectivity index (χ2v) is 10.4. The van der Waals surface area contributed by atoms with Crippen LogP contribution >= 0.6 is 0 Å². The number of aromatic nitrogens is 5. The zero-order valence-corrected chi connectivity index (χ0v) is 20.7. The van der Waals surface area contributed by atoms with Crippen LogP contribution in [0.3, 0.4) is 0 Å². The first kappa shape index (κ1) is 22.5. The van der Waals surface area contributed by atoms with Crippen LogP contribution in [-0.4, -0.2) is 63.5 Å². The van der Waals surface area contributed by atoms with Gasteiger partial charge in [0.15, 0.2) is 5.82 Å². The van der Waals surface area contributed by atoms with E-state index in [0.717, 1.165) is 55.0 Å². The number of pyridine rings is 1. The van der Waals surface area contributed by atoms with Gasteiger partial charge in [-0.1, -0.05) is 6.92 Å². The Hall–Kier alpha value is -3.00. The SMILES string of the molecule is CC(c1cnn(-c2cncc(N3CCCC3)n2)c1)c1ccc(N2CCC[C@@H](NCC3CC3)C2)cn1. The molecule has 3 fully saturated rings. The Morgan fingerprint density at radius 3 is 2.57 bits per heavy atom. The van der Waals surface area contributed by atoms with Crippen LogP contribution in [0.25, 0.3) is 5.82 Å². The van der Waals surface area contributed by atoms with E-state index >= 15 is 0 Å². The Morgan fingerprint density at radius 1 is 0.943 bits per heavy atom. The van der Waals surface area contributed by atoms with Crippen molar-refractivity contribution in [2.45, 2.75) is 57.4 Å². The maximum atomic E-state index is 4.85. The number of nitrogens with zero attached hydrogens (tertiary/aromatic N) is 7. The van der Waals surface area contributed by atoms with Crippen LogP contribution in [-0.2, 0) is 0 Å². The third-order valence-corrected chi connectivity index (χ3v) is 7.77. The van der Waals surface area contributed by atoms with Crippen molar-refractivity contribution < 1.29 is 0 Å². The lowest BCUT2D eigenvalue weighted by molar-refractivity contribution is 0.416. The van der Waals surface area contributed by atoms with E-state index < -0.39 is 0 Å². The highest BCUT2D eigenvalue weighted by Gasteiger charge is 2.25. The van der Waals surface area contributed by atoms with Gasteiger partial charge in [0.05, 0.1) is 30.5 Å². The monoisotopic (exact) mass is 472 g/mol. The minimum absolute atomic E-state index is 0.154. The molecule has 3 aromatic rings. The molecular formula is C27H36N8. The minimum atomic E-state index is 0.154. The molecule has 35 heavy (non-hydrogen) atoms. The molecular weight excluding hydrogens is 436 g/mol. The fraction of sp³-hybridized carbons (Fsp3) is 0.556. The molecule has 0 spiro atoms. The van der Waals surface area contributed by atoms with E-state index in [1.807, 2.05) is 23.3 Å². The Bertz CT molecular complexity index is 1120. The van der Waals surface area contributed by atoms with Crippen LogP contribution < -0.4 is 15.1 Å². The smallest absolute Gasteiger partial charge is 0.173 e. The topological polar surface area (TPSA) is 75.0 Å². The quantitative estimate of drug-likeness (QED) is 0.535. The van der Waals surface area contributed by atoms with Gasteiger partial charge < -0.3 is 15.1 Å². The molecule has 0 amide bonds. The minimum Gasteiger partial charge on any atom is -0.369 e. The third kappa shape index (κ3) is 5.17. The van der Waals surface area contributed by atoms with Crippen molar-refractivity contribution in [3.8, 4) is 5.82 Å². The normalized spacial score (nSPS) is 21.5. The van der Waals surface area contributed by atoms with E-state index in [9.17, 15) is 0 Å². The number of nitrogens with one attached hydrogen (secondary N) is 1. The highest BCUT2D eigenvalue weighted by atomic mass is 15.3. The first-order valence-electron chi connectivity index (χ1n) is 13.3. The second kappa shape index (κ2) is 9.93. The van der Waals surface area contributed by atoms with E-state index in [-0.39, 0.29) is 5.92 Å². The largest absolute Gasteiger partial charge is 0.369 e. The first-order chi connectivity index (χ1) is 17.2. The number of hydrogen-bond donors (Lipinski definition) is 1. The molecule has 8 heteroatoms. The fourth-order valence-corrected chi connectivity index (χ4v) is 5.29. The summed E-state index contributed by atoms with van der Waals surface area (Å²) in [4.78, 5) is 18.9. The number of piperidine rings is 1. The van der Waals surface area contributed by atoms with Gasteiger partial charge in [-0.3, -0.25) is 9.97 Å². The van der Waals surface area contributed by atoms with Crippen molar-refractivity contribution in [3.05, 3.63) is 54.4 Å². The Balaban J connectivity index is 1.11. The zero-order chi connectivity index (χ0) is 23.6. The van der Waals surface area contributed by atoms with E-state index in [0.29, 0.717) is 6.04 Å². The summed E-state index contributed by atoms with van der Waals surface area (Å²) in [7, 11) is 0.